The van der Waals surface area contributed by atoms with Crippen LogP contribution in [0.15, 0.2) is 48.5 Å². The molecule has 3 rings (SSSR count). The Labute approximate surface area is 163 Å². The normalized spacial score (nSPS) is 12.5. The van der Waals surface area contributed by atoms with Gasteiger partial charge >= 0.3 is 20.2 Å². The lowest BCUT2D eigenvalue weighted by molar-refractivity contribution is 0.0696. The zero-order valence-electron chi connectivity index (χ0n) is 15.3. The zero-order chi connectivity index (χ0) is 20.8. The summed E-state index contributed by atoms with van der Waals surface area (Å²) in [4.78, 5) is 24.0. The fraction of sp³-hybridized carbons (Fsp3) is 0.222. The maximum absolute atomic E-state index is 11.9. The molecule has 0 atom stereocenters. The first-order chi connectivity index (χ1) is 13.2. The summed E-state index contributed by atoms with van der Waals surface area (Å²) in [7, 11) is -1.23. The van der Waals surface area contributed by atoms with Crippen molar-refractivity contribution in [2.24, 2.45) is 0 Å². The summed E-state index contributed by atoms with van der Waals surface area (Å²) in [5.41, 5.74) is 1.38. The van der Waals surface area contributed by atoms with E-state index in [0.29, 0.717) is 17.1 Å². The van der Waals surface area contributed by atoms with E-state index in [9.17, 15) is 9.59 Å². The number of carboxylic acids is 1. The van der Waals surface area contributed by atoms with Crippen LogP contribution in [0.1, 0.15) is 33.6 Å². The summed E-state index contributed by atoms with van der Waals surface area (Å²) in [6.07, 6.45) is 2.16. The summed E-state index contributed by atoms with van der Waals surface area (Å²) < 4.78 is 0. The quantitative estimate of drug-likeness (QED) is 0.402. The standard InChI is InChI=1S/C11H14BNO3.C7H7BO4/c1-13(10-6-7-10)11(14)8-2-4-9(5-3-8)12(15)16;9-7(10)5-1-3-6(4-2-5)8(11)12/h2-5,10,15-16H,6-7H2,1H3;1-4,11-12H,(H,9,10). The molecule has 146 valence electrons. The lowest BCUT2D eigenvalue weighted by Gasteiger charge is -2.16. The van der Waals surface area contributed by atoms with E-state index in [4.69, 9.17) is 25.2 Å². The molecule has 28 heavy (non-hydrogen) atoms. The van der Waals surface area contributed by atoms with Crippen molar-refractivity contribution in [2.45, 2.75) is 18.9 Å². The zero-order valence-corrected chi connectivity index (χ0v) is 15.3. The van der Waals surface area contributed by atoms with Crippen molar-refractivity contribution in [2.75, 3.05) is 7.05 Å². The highest BCUT2D eigenvalue weighted by molar-refractivity contribution is 6.58. The first-order valence-electron chi connectivity index (χ1n) is 8.63. The summed E-state index contributed by atoms with van der Waals surface area (Å²) in [5.74, 6) is -1.05. The van der Waals surface area contributed by atoms with E-state index >= 15 is 0 Å². The third-order valence-corrected chi connectivity index (χ3v) is 4.33. The van der Waals surface area contributed by atoms with Crippen molar-refractivity contribution in [1.29, 1.82) is 0 Å². The van der Waals surface area contributed by atoms with Gasteiger partial charge in [-0.2, -0.15) is 0 Å². The van der Waals surface area contributed by atoms with Crippen LogP contribution in [0.25, 0.3) is 0 Å². The third-order valence-electron chi connectivity index (χ3n) is 4.33. The molecule has 2 aromatic rings. The maximum atomic E-state index is 11.9. The van der Waals surface area contributed by atoms with Gasteiger partial charge < -0.3 is 30.1 Å². The average Bonchev–Trinajstić information content (AvgIpc) is 3.52. The monoisotopic (exact) mass is 385 g/mol. The van der Waals surface area contributed by atoms with Gasteiger partial charge in [0, 0.05) is 18.7 Å². The van der Waals surface area contributed by atoms with Crippen LogP contribution in [0.4, 0.5) is 0 Å². The summed E-state index contributed by atoms with van der Waals surface area (Å²) in [5, 5.41) is 43.7. The number of carbonyl (C=O) groups is 2. The Bertz CT molecular complexity index is 806. The van der Waals surface area contributed by atoms with Gasteiger partial charge in [0.15, 0.2) is 0 Å². The van der Waals surface area contributed by atoms with Crippen LogP contribution in [0, 0.1) is 0 Å². The molecule has 1 amide bonds. The van der Waals surface area contributed by atoms with E-state index in [2.05, 4.69) is 0 Å². The maximum Gasteiger partial charge on any atom is 0.488 e. The molecule has 1 aliphatic carbocycles. The Kier molecular flexibility index (Phi) is 7.36. The van der Waals surface area contributed by atoms with Crippen LogP contribution < -0.4 is 10.9 Å². The van der Waals surface area contributed by atoms with Crippen LogP contribution in [-0.2, 0) is 0 Å². The van der Waals surface area contributed by atoms with Crippen molar-refractivity contribution in [3.05, 3.63) is 59.7 Å². The van der Waals surface area contributed by atoms with Gasteiger partial charge in [-0.1, -0.05) is 24.3 Å². The molecule has 5 N–H and O–H groups in total. The van der Waals surface area contributed by atoms with Gasteiger partial charge in [-0.05, 0) is 48.0 Å². The second-order valence-electron chi connectivity index (χ2n) is 6.44. The van der Waals surface area contributed by atoms with Gasteiger partial charge in [-0.3, -0.25) is 4.79 Å². The highest BCUT2D eigenvalue weighted by Crippen LogP contribution is 2.26. The predicted molar refractivity (Wildman–Crippen MR) is 105 cm³/mol. The molecular formula is C18H21B2NO7. The molecule has 1 aliphatic rings. The number of carboxylic acid groups (broad SMARTS) is 1. The van der Waals surface area contributed by atoms with Crippen molar-refractivity contribution in [3.63, 3.8) is 0 Å². The minimum atomic E-state index is -1.55. The lowest BCUT2D eigenvalue weighted by atomic mass is 9.80. The highest BCUT2D eigenvalue weighted by Gasteiger charge is 2.30. The van der Waals surface area contributed by atoms with E-state index in [1.54, 1.807) is 36.2 Å². The average molecular weight is 385 g/mol. The summed E-state index contributed by atoms with van der Waals surface area (Å²) in [6, 6.07) is 12.1. The summed E-state index contributed by atoms with van der Waals surface area (Å²) >= 11 is 0. The van der Waals surface area contributed by atoms with Gasteiger partial charge in [0.25, 0.3) is 5.91 Å². The van der Waals surface area contributed by atoms with Crippen LogP contribution in [0.3, 0.4) is 0 Å². The second kappa shape index (κ2) is 9.52. The smallest absolute Gasteiger partial charge is 0.478 e. The van der Waals surface area contributed by atoms with Crippen molar-refractivity contribution >= 4 is 37.0 Å². The number of nitrogens with zero attached hydrogens (tertiary/aromatic N) is 1. The Hall–Kier alpha value is -2.65. The number of aromatic carboxylic acids is 1. The fourth-order valence-corrected chi connectivity index (χ4v) is 2.43. The molecule has 0 aromatic heterocycles. The SMILES string of the molecule is CN(C(=O)c1ccc(B(O)O)cc1)C1CC1.O=C(O)c1ccc(B(O)O)cc1. The minimum Gasteiger partial charge on any atom is -0.478 e. The van der Waals surface area contributed by atoms with Crippen molar-refractivity contribution in [3.8, 4) is 0 Å². The molecule has 1 saturated carbocycles. The number of rotatable bonds is 5. The number of hydrogen-bond donors (Lipinski definition) is 5. The highest BCUT2D eigenvalue weighted by atomic mass is 16.4. The number of amides is 1. The molecule has 0 unspecified atom stereocenters. The molecule has 0 radical (unpaired) electrons. The van der Waals surface area contributed by atoms with Crippen molar-refractivity contribution < 1.29 is 34.8 Å². The summed E-state index contributed by atoms with van der Waals surface area (Å²) in [6.45, 7) is 0. The molecule has 0 spiro atoms. The lowest BCUT2D eigenvalue weighted by Crippen LogP contribution is -2.31. The van der Waals surface area contributed by atoms with Gasteiger partial charge in [0.05, 0.1) is 5.56 Å². The van der Waals surface area contributed by atoms with E-state index in [0.717, 1.165) is 12.8 Å². The number of hydrogen-bond acceptors (Lipinski definition) is 6. The van der Waals surface area contributed by atoms with Crippen LogP contribution in [-0.4, -0.2) is 69.3 Å². The molecule has 0 heterocycles. The van der Waals surface area contributed by atoms with E-state index in [1.807, 2.05) is 0 Å². The van der Waals surface area contributed by atoms with E-state index in [1.165, 1.54) is 24.3 Å². The Morgan fingerprint density at radius 1 is 0.821 bits per heavy atom. The Morgan fingerprint density at radius 3 is 1.54 bits per heavy atom. The van der Waals surface area contributed by atoms with E-state index < -0.39 is 20.2 Å². The molecular weight excluding hydrogens is 364 g/mol. The first-order valence-corrected chi connectivity index (χ1v) is 8.63. The van der Waals surface area contributed by atoms with Crippen LogP contribution in [0.2, 0.25) is 0 Å². The van der Waals surface area contributed by atoms with Crippen LogP contribution in [0.5, 0.6) is 0 Å². The topological polar surface area (TPSA) is 139 Å². The fourth-order valence-electron chi connectivity index (χ4n) is 2.43. The molecule has 0 aliphatic heterocycles. The Morgan fingerprint density at radius 2 is 1.21 bits per heavy atom. The van der Waals surface area contributed by atoms with Gasteiger partial charge in [0.2, 0.25) is 0 Å². The van der Waals surface area contributed by atoms with Gasteiger partial charge in [-0.25, -0.2) is 4.79 Å². The minimum absolute atomic E-state index is 0.0125. The largest absolute Gasteiger partial charge is 0.488 e. The van der Waals surface area contributed by atoms with Crippen molar-refractivity contribution in [1.82, 2.24) is 4.90 Å². The molecule has 8 nitrogen and oxygen atoms in total. The second-order valence-corrected chi connectivity index (χ2v) is 6.44. The van der Waals surface area contributed by atoms with Gasteiger partial charge in [-0.15, -0.1) is 0 Å². The first kappa shape index (κ1) is 21.6. The molecule has 2 aromatic carbocycles. The molecule has 10 heteroatoms. The molecule has 1 fully saturated rings. The third kappa shape index (κ3) is 5.93. The predicted octanol–water partition coefficient (Wildman–Crippen LogP) is -1.33. The molecule has 0 bridgehead atoms. The number of benzene rings is 2. The van der Waals surface area contributed by atoms with Gasteiger partial charge in [0.1, 0.15) is 0 Å². The number of carbonyl (C=O) groups excluding carboxylic acids is 1. The molecule has 0 saturated heterocycles. The Balaban J connectivity index is 0.000000209. The van der Waals surface area contributed by atoms with Crippen LogP contribution >= 0.6 is 0 Å². The van der Waals surface area contributed by atoms with E-state index in [-0.39, 0.29) is 16.9 Å².